The van der Waals surface area contributed by atoms with Crippen molar-refractivity contribution in [3.8, 4) is 5.75 Å². The predicted molar refractivity (Wildman–Crippen MR) is 78.5 cm³/mol. The Balaban J connectivity index is 2.50. The molecule has 1 aromatic carbocycles. The summed E-state index contributed by atoms with van der Waals surface area (Å²) < 4.78 is 6.38. The van der Waals surface area contributed by atoms with E-state index in [1.807, 2.05) is 31.4 Å². The van der Waals surface area contributed by atoms with Crippen molar-refractivity contribution in [1.29, 1.82) is 0 Å². The Kier molecular flexibility index (Phi) is 4.10. The first-order valence-corrected chi connectivity index (χ1v) is 7.27. The Bertz CT molecular complexity index is 563. The van der Waals surface area contributed by atoms with Gasteiger partial charge in [-0.1, -0.05) is 6.07 Å². The van der Waals surface area contributed by atoms with Crippen LogP contribution in [0.3, 0.4) is 0 Å². The fraction of sp³-hybridized carbons (Fsp3) is 0.286. The molecule has 0 saturated heterocycles. The molecule has 0 aliphatic rings. The van der Waals surface area contributed by atoms with E-state index in [0.29, 0.717) is 0 Å². The maximum atomic E-state index is 10.5. The Morgan fingerprint density at radius 1 is 1.28 bits per heavy atom. The van der Waals surface area contributed by atoms with Crippen LogP contribution in [0, 0.1) is 13.8 Å². The zero-order valence-corrected chi connectivity index (χ0v) is 12.9. The molecule has 4 heteroatoms. The number of hydrogen-bond donors (Lipinski definition) is 1. The van der Waals surface area contributed by atoms with E-state index in [1.54, 1.807) is 7.11 Å². The zero-order valence-electron chi connectivity index (χ0n) is 10.5. The molecule has 0 radical (unpaired) electrons. The summed E-state index contributed by atoms with van der Waals surface area (Å²) in [6.45, 7) is 4.02. The minimum Gasteiger partial charge on any atom is -0.496 e. The van der Waals surface area contributed by atoms with Crippen LogP contribution in [-0.2, 0) is 0 Å². The molecule has 0 aliphatic carbocycles. The van der Waals surface area contributed by atoms with Crippen LogP contribution in [0.25, 0.3) is 0 Å². The number of aliphatic hydroxyl groups is 1. The molecular formula is C14H15BrO2S. The minimum absolute atomic E-state index is 0.642. The van der Waals surface area contributed by atoms with Gasteiger partial charge >= 0.3 is 0 Å². The first kappa shape index (κ1) is 13.6. The Labute approximate surface area is 119 Å². The maximum absolute atomic E-state index is 10.5. The lowest BCUT2D eigenvalue weighted by Crippen LogP contribution is -2.04. The fourth-order valence-electron chi connectivity index (χ4n) is 2.07. The van der Waals surface area contributed by atoms with Gasteiger partial charge < -0.3 is 9.84 Å². The molecule has 1 heterocycles. The minimum atomic E-state index is -0.642. The smallest absolute Gasteiger partial charge is 0.125 e. The standard InChI is InChI=1S/C14H15BrO2S/c1-8-4-9(2)13(11(5-8)17-3)14(16)12-6-10(15)7-18-12/h4-7,14,16H,1-3H3. The topological polar surface area (TPSA) is 29.5 Å². The van der Waals surface area contributed by atoms with E-state index in [-0.39, 0.29) is 0 Å². The van der Waals surface area contributed by atoms with Gasteiger partial charge in [-0.3, -0.25) is 0 Å². The van der Waals surface area contributed by atoms with Gasteiger partial charge in [-0.2, -0.15) is 0 Å². The van der Waals surface area contributed by atoms with Crippen LogP contribution in [0.15, 0.2) is 28.1 Å². The monoisotopic (exact) mass is 326 g/mol. The summed E-state index contributed by atoms with van der Waals surface area (Å²) in [5.41, 5.74) is 3.02. The summed E-state index contributed by atoms with van der Waals surface area (Å²) in [7, 11) is 1.63. The highest BCUT2D eigenvalue weighted by Crippen LogP contribution is 2.37. The highest BCUT2D eigenvalue weighted by molar-refractivity contribution is 9.10. The second-order valence-electron chi connectivity index (χ2n) is 4.27. The molecule has 0 amide bonds. The van der Waals surface area contributed by atoms with Gasteiger partial charge in [0.1, 0.15) is 11.9 Å². The molecule has 96 valence electrons. The van der Waals surface area contributed by atoms with Crippen LogP contribution in [0.2, 0.25) is 0 Å². The molecule has 2 aromatic rings. The number of hydrogen-bond acceptors (Lipinski definition) is 3. The molecule has 1 aromatic heterocycles. The number of benzene rings is 1. The molecule has 0 aliphatic heterocycles. The van der Waals surface area contributed by atoms with Crippen LogP contribution in [0.4, 0.5) is 0 Å². The zero-order chi connectivity index (χ0) is 13.3. The van der Waals surface area contributed by atoms with Gasteiger partial charge in [0.15, 0.2) is 0 Å². The average Bonchev–Trinajstić information content (AvgIpc) is 2.74. The van der Waals surface area contributed by atoms with Crippen LogP contribution in [-0.4, -0.2) is 12.2 Å². The molecular weight excluding hydrogens is 312 g/mol. The van der Waals surface area contributed by atoms with E-state index in [0.717, 1.165) is 31.8 Å². The number of ether oxygens (including phenoxy) is 1. The van der Waals surface area contributed by atoms with E-state index >= 15 is 0 Å². The molecule has 2 rings (SSSR count). The first-order chi connectivity index (χ1) is 8.52. The Hall–Kier alpha value is -0.840. The third kappa shape index (κ3) is 2.60. The summed E-state index contributed by atoms with van der Waals surface area (Å²) in [4.78, 5) is 0.909. The highest BCUT2D eigenvalue weighted by Gasteiger charge is 2.19. The maximum Gasteiger partial charge on any atom is 0.125 e. The van der Waals surface area contributed by atoms with Gasteiger partial charge in [0, 0.05) is 20.3 Å². The molecule has 2 nitrogen and oxygen atoms in total. The van der Waals surface area contributed by atoms with Gasteiger partial charge in [0.2, 0.25) is 0 Å². The van der Waals surface area contributed by atoms with Crippen LogP contribution in [0.5, 0.6) is 5.75 Å². The van der Waals surface area contributed by atoms with E-state index in [4.69, 9.17) is 4.74 Å². The number of thiophene rings is 1. The number of rotatable bonds is 3. The van der Waals surface area contributed by atoms with E-state index < -0.39 is 6.10 Å². The van der Waals surface area contributed by atoms with Crippen LogP contribution < -0.4 is 4.74 Å². The van der Waals surface area contributed by atoms with Crippen molar-refractivity contribution in [2.24, 2.45) is 0 Å². The highest BCUT2D eigenvalue weighted by atomic mass is 79.9. The van der Waals surface area contributed by atoms with Crippen molar-refractivity contribution in [1.82, 2.24) is 0 Å². The summed E-state index contributed by atoms with van der Waals surface area (Å²) in [6.07, 6.45) is -0.642. The number of methoxy groups -OCH3 is 1. The molecule has 0 bridgehead atoms. The molecule has 0 fully saturated rings. The normalized spacial score (nSPS) is 12.5. The number of halogens is 1. The SMILES string of the molecule is COc1cc(C)cc(C)c1C(O)c1cc(Br)cs1. The lowest BCUT2D eigenvalue weighted by atomic mass is 9.99. The van der Waals surface area contributed by atoms with E-state index in [1.165, 1.54) is 11.3 Å². The molecule has 1 atom stereocenters. The lowest BCUT2D eigenvalue weighted by molar-refractivity contribution is 0.217. The van der Waals surface area contributed by atoms with Gasteiger partial charge in [-0.25, -0.2) is 0 Å². The quantitative estimate of drug-likeness (QED) is 0.915. The van der Waals surface area contributed by atoms with Crippen molar-refractivity contribution in [3.63, 3.8) is 0 Å². The second kappa shape index (κ2) is 5.43. The van der Waals surface area contributed by atoms with Crippen molar-refractivity contribution in [3.05, 3.63) is 49.6 Å². The Morgan fingerprint density at radius 3 is 2.56 bits per heavy atom. The summed E-state index contributed by atoms with van der Waals surface area (Å²) in [5, 5.41) is 12.5. The van der Waals surface area contributed by atoms with Crippen LogP contribution >= 0.6 is 27.3 Å². The average molecular weight is 327 g/mol. The molecule has 18 heavy (non-hydrogen) atoms. The lowest BCUT2D eigenvalue weighted by Gasteiger charge is -2.17. The summed E-state index contributed by atoms with van der Waals surface area (Å²) >= 11 is 4.94. The summed E-state index contributed by atoms with van der Waals surface area (Å²) in [5.74, 6) is 0.740. The largest absolute Gasteiger partial charge is 0.496 e. The van der Waals surface area contributed by atoms with E-state index in [9.17, 15) is 5.11 Å². The van der Waals surface area contributed by atoms with Crippen molar-refractivity contribution in [2.45, 2.75) is 20.0 Å². The predicted octanol–water partition coefficient (Wildman–Crippen LogP) is 4.22. The Morgan fingerprint density at radius 2 is 2.00 bits per heavy atom. The van der Waals surface area contributed by atoms with E-state index in [2.05, 4.69) is 22.0 Å². The van der Waals surface area contributed by atoms with Gasteiger partial charge in [-0.05, 0) is 53.0 Å². The second-order valence-corrected chi connectivity index (χ2v) is 6.13. The molecule has 0 saturated carbocycles. The molecule has 0 spiro atoms. The van der Waals surface area contributed by atoms with Crippen molar-refractivity contribution >= 4 is 27.3 Å². The molecule has 1 N–H and O–H groups in total. The number of aliphatic hydroxyl groups excluding tert-OH is 1. The van der Waals surface area contributed by atoms with Crippen molar-refractivity contribution in [2.75, 3.05) is 7.11 Å². The van der Waals surface area contributed by atoms with Gasteiger partial charge in [0.05, 0.1) is 7.11 Å². The summed E-state index contributed by atoms with van der Waals surface area (Å²) in [6, 6.07) is 5.95. The van der Waals surface area contributed by atoms with Gasteiger partial charge in [0.25, 0.3) is 0 Å². The van der Waals surface area contributed by atoms with Crippen LogP contribution in [0.1, 0.15) is 27.7 Å². The van der Waals surface area contributed by atoms with Gasteiger partial charge in [-0.15, -0.1) is 11.3 Å². The third-order valence-electron chi connectivity index (χ3n) is 2.84. The molecule has 1 unspecified atom stereocenters. The van der Waals surface area contributed by atoms with Crippen molar-refractivity contribution < 1.29 is 9.84 Å². The fourth-order valence-corrected chi connectivity index (χ4v) is 3.51. The first-order valence-electron chi connectivity index (χ1n) is 5.60. The number of aryl methyl sites for hydroxylation is 2. The third-order valence-corrected chi connectivity index (χ3v) is 4.59.